The molecule has 8 amide bonds. The van der Waals surface area contributed by atoms with Crippen molar-refractivity contribution >= 4 is 82.3 Å². The molecule has 5 aliphatic heterocycles. The van der Waals surface area contributed by atoms with E-state index in [9.17, 15) is 38.4 Å². The zero-order chi connectivity index (χ0) is 72.9. The van der Waals surface area contributed by atoms with Gasteiger partial charge in [0.2, 0.25) is 23.6 Å². The van der Waals surface area contributed by atoms with Gasteiger partial charge in [0.25, 0.3) is 23.6 Å². The van der Waals surface area contributed by atoms with Gasteiger partial charge in [0.05, 0.1) is 168 Å². The number of carbonyl (C=O) groups is 8. The molecule has 0 radical (unpaired) electrons. The topological polar surface area (TPSA) is 330 Å². The third-order valence-corrected chi connectivity index (χ3v) is 17.5. The Kier molecular flexibility index (Phi) is 31.0. The van der Waals surface area contributed by atoms with E-state index in [1.54, 1.807) is 80.3 Å². The molecule has 1 aliphatic carbocycles. The maximum absolute atomic E-state index is 14.1. The molecule has 4 atom stereocenters. The van der Waals surface area contributed by atoms with E-state index in [2.05, 4.69) is 21.3 Å². The fourth-order valence-corrected chi connectivity index (χ4v) is 11.6. The molecule has 0 spiro atoms. The van der Waals surface area contributed by atoms with E-state index in [1.807, 2.05) is 30.7 Å². The van der Waals surface area contributed by atoms with Crippen molar-refractivity contribution in [2.75, 3.05) is 152 Å². The number of amides is 8. The van der Waals surface area contributed by atoms with Crippen molar-refractivity contribution < 1.29 is 95.2 Å². The molecule has 9 rings (SSSR count). The number of hydrogen-bond donors (Lipinski definition) is 4. The molecule has 558 valence electrons. The zero-order valence-corrected chi connectivity index (χ0v) is 59.5. The second kappa shape index (κ2) is 40.8. The van der Waals surface area contributed by atoms with E-state index in [0.717, 1.165) is 41.7 Å². The molecule has 3 aromatic rings. The molecule has 3 aromatic carbocycles. The van der Waals surface area contributed by atoms with E-state index >= 15 is 0 Å². The molecule has 0 bridgehead atoms. The van der Waals surface area contributed by atoms with Crippen LogP contribution in [0.1, 0.15) is 105 Å². The molecule has 103 heavy (non-hydrogen) atoms. The fourth-order valence-electron chi connectivity index (χ4n) is 11.6. The van der Waals surface area contributed by atoms with Gasteiger partial charge in [-0.2, -0.15) is 0 Å². The third kappa shape index (κ3) is 23.8. The smallest absolute Gasteiger partial charge is 0.260 e. The summed E-state index contributed by atoms with van der Waals surface area (Å²) in [4.78, 5) is 116. The number of imide groups is 1. The number of benzene rings is 3. The molecule has 29 nitrogen and oxygen atoms in total. The van der Waals surface area contributed by atoms with Crippen molar-refractivity contribution in [3.63, 3.8) is 0 Å². The van der Waals surface area contributed by atoms with Gasteiger partial charge in [0.1, 0.15) is 12.1 Å². The van der Waals surface area contributed by atoms with Crippen LogP contribution in [0.4, 0.5) is 17.1 Å². The summed E-state index contributed by atoms with van der Waals surface area (Å²) >= 11 is 0. The minimum Gasteiger partial charge on any atom is -0.493 e. The number of ether oxygens (including phenoxy) is 12. The summed E-state index contributed by atoms with van der Waals surface area (Å²) in [5.74, 6) is -0.540. The summed E-state index contributed by atoms with van der Waals surface area (Å²) in [6, 6.07) is 11.9. The van der Waals surface area contributed by atoms with Crippen molar-refractivity contribution in [1.29, 1.82) is 0 Å². The van der Waals surface area contributed by atoms with E-state index in [4.69, 9.17) is 66.8 Å². The van der Waals surface area contributed by atoms with Gasteiger partial charge in [-0.15, -0.1) is 0 Å². The van der Waals surface area contributed by atoms with E-state index in [1.165, 1.54) is 37.7 Å². The molecule has 6 aliphatic rings. The number of rotatable bonds is 48. The maximum Gasteiger partial charge on any atom is 0.260 e. The van der Waals surface area contributed by atoms with Crippen LogP contribution in [0.25, 0.3) is 5.57 Å². The Morgan fingerprint density at radius 1 is 0.524 bits per heavy atom. The van der Waals surface area contributed by atoms with Crippen LogP contribution in [0.15, 0.2) is 88.6 Å². The Morgan fingerprint density at radius 2 is 1.01 bits per heavy atom. The predicted molar refractivity (Wildman–Crippen MR) is 379 cm³/mol. The normalized spacial score (nSPS) is 17.1. The second-order valence-corrected chi connectivity index (χ2v) is 25.5. The maximum atomic E-state index is 14.1. The minimum atomic E-state index is -0.934. The lowest BCUT2D eigenvalue weighted by molar-refractivity contribution is -0.137. The standard InChI is InChI=1S/C74H97N9O20/c1-49(2)70(80-67(85)18-23-94-25-27-96-29-31-98-33-35-100-37-38-101-36-34-99-32-30-97-28-26-95-24-19-75-66(84)17-20-81-68(86)15-16-69(81)87)72(89)78-50(3)71(88)79-55-13-11-52(12-14-55)54-40-57-46-77-61-44-65(63(93-5)42-59(61)74(91)83(57)48-54)103-22-8-6-7-21-102-64-43-60-58(41-62(64)92-4)73(90)82-47-53(51-9-10-51)39-56(82)45-76-60/h11-16,41-51,56-57,70H,6-10,17-40H2,1-5H3,(H,75,84)(H,78,89)(H,79,88)(H,80,85)/t50-,56-,57-,70?/m0/s1. The average Bonchev–Trinajstić information content (AvgIpc) is 1.64. The van der Waals surface area contributed by atoms with Gasteiger partial charge in [-0.05, 0) is 98.3 Å². The molecule has 0 aromatic heterocycles. The van der Waals surface area contributed by atoms with Crippen LogP contribution >= 0.6 is 0 Å². The SMILES string of the molecule is COc1cc2c(cc1OCCCCCOc1cc3c(cc1OC)C(=O)N1C=C(C4CC4)C[C@H]1C=N3)N=C[C@@H]1CC(c3ccc(NC(=O)[C@H](C)NC(=O)C(NC(=O)CCOCCOCCOCCOCCOCCOCCOCCOCCNC(=O)CCN4C(=O)C=CC4=O)C(C)C)cc3)=CN1C2=O. The predicted octanol–water partition coefficient (Wildman–Crippen LogP) is 6.07. The van der Waals surface area contributed by atoms with Crippen LogP contribution in [0.5, 0.6) is 23.0 Å². The lowest BCUT2D eigenvalue weighted by Crippen LogP contribution is -2.53. The van der Waals surface area contributed by atoms with E-state index < -0.39 is 35.7 Å². The molecule has 29 heteroatoms. The van der Waals surface area contributed by atoms with E-state index in [0.29, 0.717) is 176 Å². The highest BCUT2D eigenvalue weighted by molar-refractivity contribution is 6.13. The first-order valence-electron chi connectivity index (χ1n) is 35.4. The molecular formula is C74H97N9O20. The first kappa shape index (κ1) is 78.2. The Bertz CT molecular complexity index is 3540. The Hall–Kier alpha value is -8.94. The van der Waals surface area contributed by atoms with Crippen LogP contribution in [-0.4, -0.2) is 245 Å². The fraction of sp³-hybridized carbons (Fsp3) is 0.541. The van der Waals surface area contributed by atoms with Gasteiger partial charge in [-0.1, -0.05) is 26.0 Å². The Balaban J connectivity index is 0.564. The monoisotopic (exact) mass is 1430 g/mol. The number of methoxy groups -OCH3 is 2. The van der Waals surface area contributed by atoms with Gasteiger partial charge >= 0.3 is 0 Å². The first-order chi connectivity index (χ1) is 50.1. The summed E-state index contributed by atoms with van der Waals surface area (Å²) < 4.78 is 67.8. The summed E-state index contributed by atoms with van der Waals surface area (Å²) in [6.45, 7) is 12.0. The number of anilines is 1. The molecule has 0 saturated heterocycles. The molecular weight excluding hydrogens is 1330 g/mol. The van der Waals surface area contributed by atoms with Crippen LogP contribution < -0.4 is 40.2 Å². The number of nitrogens with zero attached hydrogens (tertiary/aromatic N) is 5. The van der Waals surface area contributed by atoms with Crippen molar-refractivity contribution in [2.24, 2.45) is 21.8 Å². The highest BCUT2D eigenvalue weighted by atomic mass is 16.6. The average molecular weight is 1430 g/mol. The largest absolute Gasteiger partial charge is 0.493 e. The number of carbonyl (C=O) groups excluding carboxylic acids is 8. The number of hydrogen-bond acceptors (Lipinski definition) is 22. The summed E-state index contributed by atoms with van der Waals surface area (Å²) in [5.41, 5.74) is 5.49. The number of aliphatic imine (C=N–C) groups is 2. The van der Waals surface area contributed by atoms with Crippen molar-refractivity contribution in [1.82, 2.24) is 30.7 Å². The van der Waals surface area contributed by atoms with Crippen molar-refractivity contribution in [3.8, 4) is 23.0 Å². The van der Waals surface area contributed by atoms with Crippen LogP contribution in [-0.2, 0) is 66.7 Å². The van der Waals surface area contributed by atoms with Crippen LogP contribution in [0.2, 0.25) is 0 Å². The van der Waals surface area contributed by atoms with Crippen LogP contribution in [0.3, 0.4) is 0 Å². The number of nitrogens with one attached hydrogen (secondary N) is 4. The second-order valence-electron chi connectivity index (χ2n) is 25.5. The van der Waals surface area contributed by atoms with Crippen molar-refractivity contribution in [2.45, 2.75) is 103 Å². The molecule has 5 heterocycles. The Morgan fingerprint density at radius 3 is 1.50 bits per heavy atom. The third-order valence-electron chi connectivity index (χ3n) is 17.5. The zero-order valence-electron chi connectivity index (χ0n) is 59.5. The lowest BCUT2D eigenvalue weighted by Gasteiger charge is -2.24. The molecule has 1 saturated carbocycles. The molecule has 4 N–H and O–H groups in total. The Labute approximate surface area is 600 Å². The van der Waals surface area contributed by atoms with Crippen molar-refractivity contribution in [3.05, 3.63) is 95.3 Å². The molecule has 1 unspecified atom stereocenters. The number of fused-ring (bicyclic) bond motifs is 4. The minimum absolute atomic E-state index is 0.0168. The van der Waals surface area contributed by atoms with Gasteiger partial charge in [0, 0.05) is 87.2 Å². The highest BCUT2D eigenvalue weighted by Gasteiger charge is 2.39. The quantitative estimate of drug-likeness (QED) is 0.0368. The van der Waals surface area contributed by atoms with E-state index in [-0.39, 0.29) is 74.2 Å². The summed E-state index contributed by atoms with van der Waals surface area (Å²) in [6.07, 6.45) is 15.9. The first-order valence-corrected chi connectivity index (χ1v) is 35.4. The molecule has 1 fully saturated rings. The number of unbranched alkanes of at least 4 members (excludes halogenated alkanes) is 2. The summed E-state index contributed by atoms with van der Waals surface area (Å²) in [5, 5.41) is 11.0. The summed E-state index contributed by atoms with van der Waals surface area (Å²) in [7, 11) is 3.09. The lowest BCUT2D eigenvalue weighted by atomic mass is 10.0. The highest BCUT2D eigenvalue weighted by Crippen LogP contribution is 2.45. The van der Waals surface area contributed by atoms with Gasteiger partial charge < -0.3 is 87.9 Å². The van der Waals surface area contributed by atoms with Crippen LogP contribution in [0, 0.1) is 11.8 Å². The van der Waals surface area contributed by atoms with Gasteiger partial charge in [0.15, 0.2) is 23.0 Å². The van der Waals surface area contributed by atoms with Gasteiger partial charge in [-0.25, -0.2) is 0 Å². The van der Waals surface area contributed by atoms with Gasteiger partial charge in [-0.3, -0.25) is 53.2 Å².